The van der Waals surface area contributed by atoms with Gasteiger partial charge in [-0.05, 0) is 24.3 Å². The van der Waals surface area contributed by atoms with Crippen LogP contribution in [0.15, 0.2) is 40.9 Å². The zero-order valence-electron chi connectivity index (χ0n) is 9.29. The molecule has 0 saturated heterocycles. The van der Waals surface area contributed by atoms with Crippen LogP contribution in [0.3, 0.4) is 0 Å². The second-order valence-corrected chi connectivity index (χ2v) is 5.01. The summed E-state index contributed by atoms with van der Waals surface area (Å²) in [7, 11) is 0. The molecule has 2 aromatic rings. The molecule has 0 aliphatic carbocycles. The molecule has 0 aromatic heterocycles. The van der Waals surface area contributed by atoms with Gasteiger partial charge in [-0.1, -0.05) is 39.7 Å². The fraction of sp³-hybridized carbons (Fsp3) is 0.0769. The Morgan fingerprint density at radius 2 is 2.06 bits per heavy atom. The molecule has 0 atom stereocenters. The minimum Gasteiger partial charge on any atom is -0.487 e. The minimum atomic E-state index is -0.463. The highest BCUT2D eigenvalue weighted by molar-refractivity contribution is 9.10. The Labute approximate surface area is 118 Å². The van der Waals surface area contributed by atoms with E-state index in [9.17, 15) is 4.39 Å². The van der Waals surface area contributed by atoms with E-state index in [1.807, 2.05) is 0 Å². The van der Waals surface area contributed by atoms with Gasteiger partial charge < -0.3 is 10.5 Å². The summed E-state index contributed by atoms with van der Waals surface area (Å²) in [5.74, 6) is 0.0485. The molecule has 18 heavy (non-hydrogen) atoms. The van der Waals surface area contributed by atoms with E-state index in [0.29, 0.717) is 17.0 Å². The van der Waals surface area contributed by atoms with Gasteiger partial charge in [-0.15, -0.1) is 0 Å². The van der Waals surface area contributed by atoms with E-state index in [1.54, 1.807) is 30.3 Å². The van der Waals surface area contributed by atoms with Crippen LogP contribution in [0.25, 0.3) is 0 Å². The number of hydrogen-bond acceptors (Lipinski definition) is 2. The quantitative estimate of drug-likeness (QED) is 0.846. The summed E-state index contributed by atoms with van der Waals surface area (Å²) >= 11 is 8.99. The molecule has 0 spiro atoms. The number of hydrogen-bond donors (Lipinski definition) is 1. The molecule has 94 valence electrons. The third-order valence-corrected chi connectivity index (χ3v) is 3.17. The first-order valence-corrected chi connectivity index (χ1v) is 6.35. The maximum absolute atomic E-state index is 13.6. The predicted molar refractivity (Wildman–Crippen MR) is 74.3 cm³/mol. The van der Waals surface area contributed by atoms with E-state index in [-0.39, 0.29) is 11.6 Å². The van der Waals surface area contributed by atoms with Crippen LogP contribution in [-0.2, 0) is 6.61 Å². The lowest BCUT2D eigenvalue weighted by Gasteiger charge is -2.10. The molecule has 0 radical (unpaired) electrons. The molecule has 0 heterocycles. The number of ether oxygens (including phenoxy) is 1. The van der Waals surface area contributed by atoms with Crippen molar-refractivity contribution in [1.29, 1.82) is 0 Å². The topological polar surface area (TPSA) is 35.2 Å². The van der Waals surface area contributed by atoms with Crippen LogP contribution in [0.5, 0.6) is 5.75 Å². The molecule has 0 bridgehead atoms. The second-order valence-electron chi connectivity index (χ2n) is 3.68. The number of nitrogens with two attached hydrogens (primary N) is 1. The average Bonchev–Trinajstić information content (AvgIpc) is 2.33. The zero-order valence-corrected chi connectivity index (χ0v) is 11.6. The predicted octanol–water partition coefficient (Wildman–Crippen LogP) is 4.40. The zero-order chi connectivity index (χ0) is 13.1. The standard InChI is InChI=1S/C13H10BrClFNO/c14-9-4-5-12(11(17)6-9)18-7-8-2-1-3-10(15)13(8)16/h1-6H,7,17H2. The van der Waals surface area contributed by atoms with Gasteiger partial charge in [0.1, 0.15) is 18.2 Å². The monoisotopic (exact) mass is 329 g/mol. The summed E-state index contributed by atoms with van der Waals surface area (Å²) in [6, 6.07) is 10.0. The van der Waals surface area contributed by atoms with E-state index >= 15 is 0 Å². The van der Waals surface area contributed by atoms with Gasteiger partial charge in [0.15, 0.2) is 0 Å². The maximum Gasteiger partial charge on any atom is 0.148 e. The fourth-order valence-electron chi connectivity index (χ4n) is 1.47. The van der Waals surface area contributed by atoms with Crippen molar-refractivity contribution >= 4 is 33.2 Å². The van der Waals surface area contributed by atoms with Crippen molar-refractivity contribution < 1.29 is 9.13 Å². The van der Waals surface area contributed by atoms with Crippen molar-refractivity contribution in [3.8, 4) is 5.75 Å². The van der Waals surface area contributed by atoms with Crippen molar-refractivity contribution in [3.63, 3.8) is 0 Å². The fourth-order valence-corrected chi connectivity index (χ4v) is 2.04. The molecule has 0 aliphatic rings. The Hall–Kier alpha value is -1.26. The summed E-state index contributed by atoms with van der Waals surface area (Å²) in [6.07, 6.45) is 0. The molecular weight excluding hydrogens is 321 g/mol. The third-order valence-electron chi connectivity index (χ3n) is 2.39. The Morgan fingerprint density at radius 3 is 2.78 bits per heavy atom. The van der Waals surface area contributed by atoms with E-state index in [0.717, 1.165) is 4.47 Å². The smallest absolute Gasteiger partial charge is 0.148 e. The molecule has 5 heteroatoms. The van der Waals surface area contributed by atoms with Gasteiger partial charge in [0.25, 0.3) is 0 Å². The second kappa shape index (κ2) is 5.59. The highest BCUT2D eigenvalue weighted by atomic mass is 79.9. The summed E-state index contributed by atoms with van der Waals surface area (Å²) in [4.78, 5) is 0. The summed E-state index contributed by atoms with van der Waals surface area (Å²) < 4.78 is 19.9. The molecule has 0 saturated carbocycles. The van der Waals surface area contributed by atoms with Crippen LogP contribution in [0, 0.1) is 5.82 Å². The van der Waals surface area contributed by atoms with Gasteiger partial charge in [-0.3, -0.25) is 0 Å². The maximum atomic E-state index is 13.6. The number of rotatable bonds is 3. The first-order valence-electron chi connectivity index (χ1n) is 5.18. The van der Waals surface area contributed by atoms with E-state index in [2.05, 4.69) is 15.9 Å². The Morgan fingerprint density at radius 1 is 1.28 bits per heavy atom. The van der Waals surface area contributed by atoms with Crippen LogP contribution >= 0.6 is 27.5 Å². The molecule has 2 nitrogen and oxygen atoms in total. The SMILES string of the molecule is Nc1cc(Br)ccc1OCc1cccc(Cl)c1F. The van der Waals surface area contributed by atoms with Gasteiger partial charge in [0.05, 0.1) is 10.7 Å². The van der Waals surface area contributed by atoms with Crippen LogP contribution < -0.4 is 10.5 Å². The van der Waals surface area contributed by atoms with E-state index < -0.39 is 5.82 Å². The van der Waals surface area contributed by atoms with Gasteiger partial charge >= 0.3 is 0 Å². The molecule has 0 unspecified atom stereocenters. The molecule has 2 aromatic carbocycles. The Bertz CT molecular complexity index is 577. The normalized spacial score (nSPS) is 10.4. The first-order chi connectivity index (χ1) is 8.58. The van der Waals surface area contributed by atoms with Crippen LogP contribution in [0.4, 0.5) is 10.1 Å². The van der Waals surface area contributed by atoms with Crippen molar-refractivity contribution in [3.05, 3.63) is 57.3 Å². The lowest BCUT2D eigenvalue weighted by molar-refractivity contribution is 0.301. The van der Waals surface area contributed by atoms with Crippen molar-refractivity contribution in [2.24, 2.45) is 0 Å². The largest absolute Gasteiger partial charge is 0.487 e. The average molecular weight is 331 g/mol. The minimum absolute atomic E-state index is 0.0816. The lowest BCUT2D eigenvalue weighted by atomic mass is 10.2. The summed E-state index contributed by atoms with van der Waals surface area (Å²) in [5.41, 5.74) is 6.66. The first kappa shape index (κ1) is 13.2. The van der Waals surface area contributed by atoms with Gasteiger partial charge in [0.2, 0.25) is 0 Å². The third kappa shape index (κ3) is 2.94. The van der Waals surface area contributed by atoms with Crippen molar-refractivity contribution in [1.82, 2.24) is 0 Å². The van der Waals surface area contributed by atoms with Crippen LogP contribution in [0.1, 0.15) is 5.56 Å². The Balaban J connectivity index is 2.14. The van der Waals surface area contributed by atoms with Crippen LogP contribution in [0.2, 0.25) is 5.02 Å². The molecule has 2 N–H and O–H groups in total. The number of nitrogen functional groups attached to an aromatic ring is 1. The van der Waals surface area contributed by atoms with E-state index in [4.69, 9.17) is 22.1 Å². The Kier molecular flexibility index (Phi) is 4.09. The van der Waals surface area contributed by atoms with Crippen molar-refractivity contribution in [2.75, 3.05) is 5.73 Å². The molecular formula is C13H10BrClFNO. The molecule has 0 aliphatic heterocycles. The van der Waals surface area contributed by atoms with Crippen LogP contribution in [-0.4, -0.2) is 0 Å². The summed E-state index contributed by atoms with van der Waals surface area (Å²) in [6.45, 7) is 0.0816. The highest BCUT2D eigenvalue weighted by Crippen LogP contribution is 2.27. The van der Waals surface area contributed by atoms with Crippen molar-refractivity contribution in [2.45, 2.75) is 6.61 Å². The lowest BCUT2D eigenvalue weighted by Crippen LogP contribution is -2.01. The van der Waals surface area contributed by atoms with Gasteiger partial charge in [0, 0.05) is 10.0 Å². The molecule has 0 amide bonds. The van der Waals surface area contributed by atoms with E-state index in [1.165, 1.54) is 6.07 Å². The number of halogens is 3. The highest BCUT2D eigenvalue weighted by Gasteiger charge is 2.08. The molecule has 2 rings (SSSR count). The summed E-state index contributed by atoms with van der Waals surface area (Å²) in [5, 5.41) is 0.0832. The number of anilines is 1. The van der Waals surface area contributed by atoms with Gasteiger partial charge in [-0.2, -0.15) is 0 Å². The van der Waals surface area contributed by atoms with Gasteiger partial charge in [-0.25, -0.2) is 4.39 Å². The molecule has 0 fully saturated rings. The number of benzene rings is 2.